The quantitative estimate of drug-likeness (QED) is 0.544. The second kappa shape index (κ2) is 7.66. The molecule has 0 saturated carbocycles. The molecule has 0 aliphatic carbocycles. The lowest BCUT2D eigenvalue weighted by Gasteiger charge is -2.24. The van der Waals surface area contributed by atoms with Gasteiger partial charge in [-0.2, -0.15) is 5.10 Å². The predicted octanol–water partition coefficient (Wildman–Crippen LogP) is 1.99. The second-order valence-electron chi connectivity index (χ2n) is 7.55. The van der Waals surface area contributed by atoms with Crippen molar-refractivity contribution in [1.29, 1.82) is 0 Å². The van der Waals surface area contributed by atoms with Crippen LogP contribution in [0.3, 0.4) is 0 Å². The fraction of sp³-hybridized carbons (Fsp3) is 0.333. The summed E-state index contributed by atoms with van der Waals surface area (Å²) in [6.45, 7) is 1.83. The predicted molar refractivity (Wildman–Crippen MR) is 117 cm³/mol. The molecule has 0 amide bonds. The van der Waals surface area contributed by atoms with Gasteiger partial charge in [-0.25, -0.2) is 9.78 Å². The normalized spacial score (nSPS) is 15.1. The fourth-order valence-corrected chi connectivity index (χ4v) is 5.15. The number of aryl methyl sites for hydroxylation is 1. The van der Waals surface area contributed by atoms with Crippen molar-refractivity contribution < 1.29 is 0 Å². The number of rotatable bonds is 4. The average Bonchev–Trinajstić information content (AvgIpc) is 3.39. The molecule has 1 aliphatic heterocycles. The number of thiophene rings is 1. The van der Waals surface area contributed by atoms with Crippen molar-refractivity contribution in [2.75, 3.05) is 13.1 Å². The minimum atomic E-state index is -0.288. The Bertz CT molecular complexity index is 1310. The average molecular weight is 423 g/mol. The van der Waals surface area contributed by atoms with E-state index in [4.69, 9.17) is 0 Å². The summed E-state index contributed by atoms with van der Waals surface area (Å²) in [6, 6.07) is 11.8. The third-order valence-corrected chi connectivity index (χ3v) is 6.69. The molecule has 154 valence electrons. The van der Waals surface area contributed by atoms with E-state index < -0.39 is 0 Å². The van der Waals surface area contributed by atoms with Gasteiger partial charge < -0.3 is 5.32 Å². The Kier molecular flexibility index (Phi) is 4.84. The Morgan fingerprint density at radius 3 is 2.63 bits per heavy atom. The van der Waals surface area contributed by atoms with Crippen molar-refractivity contribution in [1.82, 2.24) is 29.2 Å². The molecule has 30 heavy (non-hydrogen) atoms. The highest BCUT2D eigenvalue weighted by Gasteiger charge is 2.24. The van der Waals surface area contributed by atoms with Crippen LogP contribution in [0.15, 0.2) is 52.3 Å². The van der Waals surface area contributed by atoms with Crippen LogP contribution in [-0.2, 0) is 13.6 Å². The van der Waals surface area contributed by atoms with Crippen LogP contribution in [0, 0.1) is 0 Å². The lowest BCUT2D eigenvalue weighted by atomic mass is 10.1. The van der Waals surface area contributed by atoms with E-state index in [1.165, 1.54) is 15.9 Å². The molecule has 0 atom stereocenters. The molecule has 1 saturated heterocycles. The van der Waals surface area contributed by atoms with Crippen LogP contribution in [0.1, 0.15) is 24.7 Å². The van der Waals surface area contributed by atoms with Crippen LogP contribution in [0.25, 0.3) is 20.7 Å². The van der Waals surface area contributed by atoms with E-state index >= 15 is 0 Å². The van der Waals surface area contributed by atoms with Gasteiger partial charge >= 0.3 is 5.69 Å². The standard InChI is InChI=1S/C21H22N6O2S/c1-25-13-23-18(24-25)12-26-16-11-17(14-5-3-2-4-6-14)30-19(16)20(28)27(21(26)29)15-7-9-22-10-8-15/h2-6,11,13,15,22H,7-10,12H2,1H3. The van der Waals surface area contributed by atoms with Crippen LogP contribution in [0.4, 0.5) is 0 Å². The maximum atomic E-state index is 13.5. The number of benzene rings is 1. The van der Waals surface area contributed by atoms with Gasteiger partial charge in [0.1, 0.15) is 11.0 Å². The molecule has 4 heterocycles. The lowest BCUT2D eigenvalue weighted by molar-refractivity contribution is 0.346. The Hall–Kier alpha value is -3.04. The maximum absolute atomic E-state index is 13.5. The van der Waals surface area contributed by atoms with Crippen molar-refractivity contribution in [2.45, 2.75) is 25.4 Å². The van der Waals surface area contributed by atoms with Crippen molar-refractivity contribution in [2.24, 2.45) is 7.05 Å². The zero-order chi connectivity index (χ0) is 20.7. The first-order chi connectivity index (χ1) is 14.6. The van der Waals surface area contributed by atoms with Gasteiger partial charge in [-0.1, -0.05) is 30.3 Å². The monoisotopic (exact) mass is 422 g/mol. The van der Waals surface area contributed by atoms with Gasteiger partial charge in [0, 0.05) is 18.0 Å². The SMILES string of the molecule is Cn1cnc(Cn2c(=O)n(C3CCNCC3)c(=O)c3sc(-c4ccccc4)cc32)n1. The molecule has 1 aliphatic rings. The molecule has 1 fully saturated rings. The first-order valence-electron chi connectivity index (χ1n) is 10.0. The Morgan fingerprint density at radius 2 is 1.93 bits per heavy atom. The zero-order valence-corrected chi connectivity index (χ0v) is 17.4. The molecular weight excluding hydrogens is 400 g/mol. The summed E-state index contributed by atoms with van der Waals surface area (Å²) in [6.07, 6.45) is 3.14. The van der Waals surface area contributed by atoms with Gasteiger partial charge in [-0.15, -0.1) is 11.3 Å². The first kappa shape index (κ1) is 19.0. The van der Waals surface area contributed by atoms with Crippen molar-refractivity contribution in [3.05, 3.63) is 69.4 Å². The van der Waals surface area contributed by atoms with Gasteiger partial charge in [0.2, 0.25) is 0 Å². The number of nitrogens with one attached hydrogen (secondary N) is 1. The summed E-state index contributed by atoms with van der Waals surface area (Å²) >= 11 is 1.44. The van der Waals surface area contributed by atoms with Gasteiger partial charge in [-0.05, 0) is 37.6 Å². The smallest absolute Gasteiger partial charge is 0.317 e. The van der Waals surface area contributed by atoms with Crippen molar-refractivity contribution >= 4 is 21.6 Å². The Labute approximate surface area is 176 Å². The highest BCUT2D eigenvalue weighted by atomic mass is 32.1. The van der Waals surface area contributed by atoms with Crippen LogP contribution >= 0.6 is 11.3 Å². The van der Waals surface area contributed by atoms with Crippen LogP contribution in [0.5, 0.6) is 0 Å². The molecule has 0 spiro atoms. The minimum Gasteiger partial charge on any atom is -0.317 e. The van der Waals surface area contributed by atoms with Crippen molar-refractivity contribution in [3.63, 3.8) is 0 Å². The van der Waals surface area contributed by atoms with E-state index in [0.717, 1.165) is 36.4 Å². The highest BCUT2D eigenvalue weighted by molar-refractivity contribution is 7.22. The van der Waals surface area contributed by atoms with E-state index in [2.05, 4.69) is 15.4 Å². The Morgan fingerprint density at radius 1 is 1.17 bits per heavy atom. The third kappa shape index (κ3) is 3.29. The maximum Gasteiger partial charge on any atom is 0.332 e. The summed E-state index contributed by atoms with van der Waals surface area (Å²) in [5.41, 5.74) is 1.19. The molecule has 0 bridgehead atoms. The van der Waals surface area contributed by atoms with E-state index in [-0.39, 0.29) is 23.8 Å². The number of hydrogen-bond donors (Lipinski definition) is 1. The topological polar surface area (TPSA) is 86.7 Å². The van der Waals surface area contributed by atoms with Crippen LogP contribution < -0.4 is 16.6 Å². The lowest BCUT2D eigenvalue weighted by Crippen LogP contribution is -2.45. The first-order valence-corrected chi connectivity index (χ1v) is 10.8. The molecule has 1 aromatic carbocycles. The summed E-state index contributed by atoms with van der Waals surface area (Å²) in [5, 5.41) is 7.63. The number of hydrogen-bond acceptors (Lipinski definition) is 6. The van der Waals surface area contributed by atoms with Gasteiger partial charge in [0.15, 0.2) is 5.82 Å². The molecule has 0 unspecified atom stereocenters. The molecule has 1 N–H and O–H groups in total. The molecule has 8 nitrogen and oxygen atoms in total. The largest absolute Gasteiger partial charge is 0.332 e. The molecule has 3 aromatic heterocycles. The summed E-state index contributed by atoms with van der Waals surface area (Å²) in [4.78, 5) is 32.2. The van der Waals surface area contributed by atoms with Gasteiger partial charge in [0.05, 0.1) is 12.1 Å². The fourth-order valence-electron chi connectivity index (χ4n) is 4.05. The highest BCUT2D eigenvalue weighted by Crippen LogP contribution is 2.31. The molecule has 5 rings (SSSR count). The van der Waals surface area contributed by atoms with E-state index in [9.17, 15) is 9.59 Å². The summed E-state index contributed by atoms with van der Waals surface area (Å²) in [5.74, 6) is 0.545. The number of aromatic nitrogens is 5. The number of fused-ring (bicyclic) bond motifs is 1. The van der Waals surface area contributed by atoms with Gasteiger partial charge in [0.25, 0.3) is 5.56 Å². The number of piperidine rings is 1. The van der Waals surface area contributed by atoms with E-state index in [0.29, 0.717) is 16.0 Å². The number of nitrogens with zero attached hydrogens (tertiary/aromatic N) is 5. The molecule has 9 heteroatoms. The molecular formula is C21H22N6O2S. The molecule has 4 aromatic rings. The van der Waals surface area contributed by atoms with Gasteiger partial charge in [-0.3, -0.25) is 18.6 Å². The van der Waals surface area contributed by atoms with Crippen LogP contribution in [0.2, 0.25) is 0 Å². The van der Waals surface area contributed by atoms with E-state index in [1.54, 1.807) is 22.6 Å². The second-order valence-corrected chi connectivity index (χ2v) is 8.60. The summed E-state index contributed by atoms with van der Waals surface area (Å²) in [7, 11) is 1.79. The zero-order valence-electron chi connectivity index (χ0n) is 16.6. The third-order valence-electron chi connectivity index (χ3n) is 5.53. The Balaban J connectivity index is 1.74. The van der Waals surface area contributed by atoms with E-state index in [1.807, 2.05) is 36.4 Å². The molecule has 0 radical (unpaired) electrons. The minimum absolute atomic E-state index is 0.0964. The summed E-state index contributed by atoms with van der Waals surface area (Å²) < 4.78 is 5.32. The van der Waals surface area contributed by atoms with Crippen molar-refractivity contribution in [3.8, 4) is 10.4 Å². The van der Waals surface area contributed by atoms with Crippen LogP contribution in [-0.4, -0.2) is 37.0 Å².